The van der Waals surface area contributed by atoms with Crippen LogP contribution >= 0.6 is 35.3 Å². The van der Waals surface area contributed by atoms with Gasteiger partial charge in [0.15, 0.2) is 5.96 Å². The van der Waals surface area contributed by atoms with E-state index in [0.29, 0.717) is 0 Å². The molecule has 1 aliphatic rings. The maximum Gasteiger partial charge on any atom is 0.193 e. The number of likely N-dealkylation sites (N-methyl/N-ethyl adjacent to an activating group) is 1. The van der Waals surface area contributed by atoms with Gasteiger partial charge >= 0.3 is 0 Å². The number of halogens is 1. The lowest BCUT2D eigenvalue weighted by Crippen LogP contribution is -2.57. The van der Waals surface area contributed by atoms with Crippen molar-refractivity contribution in [1.82, 2.24) is 20.1 Å². The molecule has 0 aromatic carbocycles. The summed E-state index contributed by atoms with van der Waals surface area (Å²) in [6, 6.07) is 0. The van der Waals surface area contributed by atoms with Crippen LogP contribution in [0.3, 0.4) is 0 Å². The second kappa shape index (κ2) is 9.88. The molecule has 0 atom stereocenters. The van der Waals surface area contributed by atoms with Gasteiger partial charge in [0.25, 0.3) is 0 Å². The van der Waals surface area contributed by atoms with Gasteiger partial charge in [-0.15, -0.1) is 35.3 Å². The van der Waals surface area contributed by atoms with E-state index in [-0.39, 0.29) is 29.5 Å². The van der Waals surface area contributed by atoms with Crippen molar-refractivity contribution < 1.29 is 4.74 Å². The van der Waals surface area contributed by atoms with Gasteiger partial charge in [-0.05, 0) is 33.9 Å². The molecule has 0 spiro atoms. The van der Waals surface area contributed by atoms with Crippen molar-refractivity contribution in [2.24, 2.45) is 4.99 Å². The van der Waals surface area contributed by atoms with Crippen molar-refractivity contribution in [1.29, 1.82) is 0 Å². The highest BCUT2D eigenvalue weighted by molar-refractivity contribution is 14.0. The SMILES string of the molecule is CN=C(NCC1(N(C)C)CCOCC1)N(C)Cc1csc(C)n1.I. The van der Waals surface area contributed by atoms with Crippen LogP contribution in [0, 0.1) is 6.92 Å². The molecule has 1 aromatic heterocycles. The summed E-state index contributed by atoms with van der Waals surface area (Å²) in [5.41, 5.74) is 1.22. The summed E-state index contributed by atoms with van der Waals surface area (Å²) in [6.07, 6.45) is 2.08. The lowest BCUT2D eigenvalue weighted by atomic mass is 9.88. The van der Waals surface area contributed by atoms with Crippen LogP contribution in [-0.2, 0) is 11.3 Å². The van der Waals surface area contributed by atoms with E-state index in [1.54, 1.807) is 11.3 Å². The summed E-state index contributed by atoms with van der Waals surface area (Å²) in [4.78, 5) is 13.4. The fourth-order valence-electron chi connectivity index (χ4n) is 2.96. The Balaban J connectivity index is 0.00000288. The number of guanidine groups is 1. The number of nitrogens with one attached hydrogen (secondary N) is 1. The number of aromatic nitrogens is 1. The van der Waals surface area contributed by atoms with Crippen LogP contribution in [0.1, 0.15) is 23.5 Å². The Morgan fingerprint density at radius 1 is 1.38 bits per heavy atom. The fourth-order valence-corrected chi connectivity index (χ4v) is 3.56. The van der Waals surface area contributed by atoms with Gasteiger partial charge in [-0.25, -0.2) is 4.98 Å². The monoisotopic (exact) mass is 467 g/mol. The highest BCUT2D eigenvalue weighted by Crippen LogP contribution is 2.25. The molecular formula is C16H30IN5OS. The first kappa shape index (κ1) is 21.6. The predicted molar refractivity (Wildman–Crippen MR) is 112 cm³/mol. The summed E-state index contributed by atoms with van der Waals surface area (Å²) >= 11 is 1.69. The van der Waals surface area contributed by atoms with Gasteiger partial charge in [-0.2, -0.15) is 0 Å². The van der Waals surface area contributed by atoms with Crippen molar-refractivity contribution in [3.05, 3.63) is 16.1 Å². The lowest BCUT2D eigenvalue weighted by Gasteiger charge is -2.43. The molecule has 8 heteroatoms. The average Bonchev–Trinajstić information content (AvgIpc) is 2.93. The summed E-state index contributed by atoms with van der Waals surface area (Å²) in [5.74, 6) is 0.906. The molecule has 0 saturated carbocycles. The molecule has 24 heavy (non-hydrogen) atoms. The maximum absolute atomic E-state index is 5.53. The number of rotatable bonds is 5. The summed E-state index contributed by atoms with van der Waals surface area (Å²) < 4.78 is 5.53. The lowest BCUT2D eigenvalue weighted by molar-refractivity contribution is -0.00522. The van der Waals surface area contributed by atoms with Crippen molar-refractivity contribution >= 4 is 41.3 Å². The summed E-state index contributed by atoms with van der Waals surface area (Å²) in [7, 11) is 8.18. The Morgan fingerprint density at radius 2 is 2.04 bits per heavy atom. The van der Waals surface area contributed by atoms with E-state index in [0.717, 1.165) is 55.8 Å². The number of aliphatic imine (C=N–C) groups is 1. The van der Waals surface area contributed by atoms with Crippen molar-refractivity contribution in [3.8, 4) is 0 Å². The Labute approximate surface area is 166 Å². The summed E-state index contributed by atoms with van der Waals surface area (Å²) in [6.45, 7) is 5.32. The first-order chi connectivity index (χ1) is 11.0. The van der Waals surface area contributed by atoms with Crippen molar-refractivity contribution in [2.75, 3.05) is 47.9 Å². The molecule has 0 bridgehead atoms. The molecule has 0 radical (unpaired) electrons. The van der Waals surface area contributed by atoms with Crippen LogP contribution in [0.4, 0.5) is 0 Å². The molecule has 6 nitrogen and oxygen atoms in total. The minimum Gasteiger partial charge on any atom is -0.381 e. The largest absolute Gasteiger partial charge is 0.381 e. The Bertz CT molecular complexity index is 528. The first-order valence-corrected chi connectivity index (χ1v) is 8.93. The van der Waals surface area contributed by atoms with Gasteiger partial charge in [0.05, 0.1) is 17.2 Å². The predicted octanol–water partition coefficient (Wildman–Crippen LogP) is 2.19. The zero-order valence-corrected chi connectivity index (χ0v) is 18.5. The van der Waals surface area contributed by atoms with Crippen LogP contribution in [0.2, 0.25) is 0 Å². The quantitative estimate of drug-likeness (QED) is 0.409. The molecule has 0 aliphatic carbocycles. The average molecular weight is 467 g/mol. The number of hydrogen-bond acceptors (Lipinski definition) is 5. The van der Waals surface area contributed by atoms with E-state index in [2.05, 4.69) is 51.6 Å². The number of ether oxygens (including phenoxy) is 1. The van der Waals surface area contributed by atoms with Crippen LogP contribution in [-0.4, -0.2) is 74.2 Å². The molecule has 2 heterocycles. The second-order valence-electron chi connectivity index (χ2n) is 6.35. The maximum atomic E-state index is 5.53. The third-order valence-corrected chi connectivity index (χ3v) is 5.41. The topological polar surface area (TPSA) is 53.0 Å². The molecule has 1 N–H and O–H groups in total. The number of nitrogens with zero attached hydrogens (tertiary/aromatic N) is 4. The van der Waals surface area contributed by atoms with Crippen LogP contribution < -0.4 is 5.32 Å². The van der Waals surface area contributed by atoms with E-state index < -0.39 is 0 Å². The highest BCUT2D eigenvalue weighted by Gasteiger charge is 2.35. The minimum atomic E-state index is 0. The highest BCUT2D eigenvalue weighted by atomic mass is 127. The number of aryl methyl sites for hydroxylation is 1. The van der Waals surface area contributed by atoms with Crippen molar-refractivity contribution in [2.45, 2.75) is 31.8 Å². The standard InChI is InChI=1S/C16H29N5OS.HI/c1-13-19-14(11-23-13)10-21(5)15(17-2)18-12-16(20(3)4)6-8-22-9-7-16;/h11H,6-10,12H2,1-5H3,(H,17,18);1H. The molecule has 0 unspecified atom stereocenters. The normalized spacial score (nSPS) is 17.5. The van der Waals surface area contributed by atoms with E-state index in [1.165, 1.54) is 0 Å². The molecular weight excluding hydrogens is 437 g/mol. The van der Waals surface area contributed by atoms with Gasteiger partial charge < -0.3 is 19.9 Å². The first-order valence-electron chi connectivity index (χ1n) is 8.05. The third kappa shape index (κ3) is 5.53. The van der Waals surface area contributed by atoms with Crippen molar-refractivity contribution in [3.63, 3.8) is 0 Å². The van der Waals surface area contributed by atoms with Gasteiger partial charge in [-0.1, -0.05) is 0 Å². The third-order valence-electron chi connectivity index (χ3n) is 4.59. The second-order valence-corrected chi connectivity index (χ2v) is 7.41. The van der Waals surface area contributed by atoms with Gasteiger partial charge in [0, 0.05) is 44.8 Å². The van der Waals surface area contributed by atoms with Gasteiger partial charge in [0.2, 0.25) is 0 Å². The van der Waals surface area contributed by atoms with E-state index in [4.69, 9.17) is 4.74 Å². The van der Waals surface area contributed by atoms with Crippen LogP contribution in [0.15, 0.2) is 10.4 Å². The molecule has 138 valence electrons. The zero-order valence-electron chi connectivity index (χ0n) is 15.3. The zero-order chi connectivity index (χ0) is 16.9. The van der Waals surface area contributed by atoms with Gasteiger partial charge in [-0.3, -0.25) is 4.99 Å². The number of hydrogen-bond donors (Lipinski definition) is 1. The van der Waals surface area contributed by atoms with Crippen LogP contribution in [0.5, 0.6) is 0 Å². The van der Waals surface area contributed by atoms with Crippen LogP contribution in [0.25, 0.3) is 0 Å². The fraction of sp³-hybridized carbons (Fsp3) is 0.750. The molecule has 0 amide bonds. The minimum absolute atomic E-state index is 0. The summed E-state index contributed by atoms with van der Waals surface area (Å²) in [5, 5.41) is 6.75. The molecule has 1 saturated heterocycles. The Kier molecular flexibility index (Phi) is 8.89. The molecule has 1 fully saturated rings. The molecule has 2 rings (SSSR count). The Morgan fingerprint density at radius 3 is 2.54 bits per heavy atom. The van der Waals surface area contributed by atoms with E-state index in [9.17, 15) is 0 Å². The smallest absolute Gasteiger partial charge is 0.193 e. The Hall–Kier alpha value is -0.450. The number of thiazole rings is 1. The van der Waals surface area contributed by atoms with E-state index >= 15 is 0 Å². The van der Waals surface area contributed by atoms with E-state index in [1.807, 2.05) is 14.0 Å². The van der Waals surface area contributed by atoms with Gasteiger partial charge in [0.1, 0.15) is 0 Å². The molecule has 1 aromatic rings. The molecule has 1 aliphatic heterocycles.